The van der Waals surface area contributed by atoms with E-state index in [4.69, 9.17) is 14.9 Å². The molecule has 0 saturated heterocycles. The lowest BCUT2D eigenvalue weighted by molar-refractivity contribution is 0.339. The van der Waals surface area contributed by atoms with Crippen molar-refractivity contribution in [3.05, 3.63) is 34.3 Å². The highest BCUT2D eigenvalue weighted by molar-refractivity contribution is 9.10. The molecule has 0 unspecified atom stereocenters. The number of nitrogens with one attached hydrogen (secondary N) is 2. The Labute approximate surface area is 157 Å². The van der Waals surface area contributed by atoms with E-state index in [0.29, 0.717) is 6.61 Å². The second-order valence-corrected chi connectivity index (χ2v) is 7.28. The van der Waals surface area contributed by atoms with Gasteiger partial charge in [0, 0.05) is 16.6 Å². The maximum Gasteiger partial charge on any atom is 0.292 e. The van der Waals surface area contributed by atoms with Crippen LogP contribution in [0.2, 0.25) is 0 Å². The summed E-state index contributed by atoms with van der Waals surface area (Å²) in [6, 6.07) is 8.42. The average Bonchev–Trinajstić information content (AvgIpc) is 3.09. The number of oxazole rings is 1. The van der Waals surface area contributed by atoms with Gasteiger partial charge in [-0.15, -0.1) is 0 Å². The molecule has 6 nitrogen and oxygen atoms in total. The fraction of sp³-hybridized carbons (Fsp3) is 0.211. The third-order valence-electron chi connectivity index (χ3n) is 4.74. The number of halogens is 1. The third kappa shape index (κ3) is 2.27. The van der Waals surface area contributed by atoms with E-state index in [-0.39, 0.29) is 6.01 Å². The molecule has 0 aliphatic carbocycles. The number of H-pyrrole nitrogens is 1. The number of nitrogens with zero attached hydrogens (tertiary/aromatic N) is 1. The molecule has 0 amide bonds. The van der Waals surface area contributed by atoms with E-state index in [1.54, 1.807) is 0 Å². The zero-order valence-corrected chi connectivity index (χ0v) is 15.7. The Morgan fingerprint density at radius 1 is 1.27 bits per heavy atom. The van der Waals surface area contributed by atoms with E-state index < -0.39 is 0 Å². The smallest absolute Gasteiger partial charge is 0.292 e. The predicted molar refractivity (Wildman–Crippen MR) is 107 cm³/mol. The van der Waals surface area contributed by atoms with Crippen LogP contribution in [0.25, 0.3) is 33.3 Å². The van der Waals surface area contributed by atoms with Gasteiger partial charge in [-0.25, -0.2) is 0 Å². The Kier molecular flexibility index (Phi) is 3.40. The molecule has 0 saturated carbocycles. The largest absolute Gasteiger partial charge is 0.491 e. The Morgan fingerprint density at radius 3 is 3.00 bits per heavy atom. The highest BCUT2D eigenvalue weighted by atomic mass is 79.9. The van der Waals surface area contributed by atoms with Crippen molar-refractivity contribution in [3.63, 3.8) is 0 Å². The maximum absolute atomic E-state index is 5.91. The fourth-order valence-electron chi connectivity index (χ4n) is 3.63. The Hall–Kier alpha value is -2.67. The van der Waals surface area contributed by atoms with Crippen LogP contribution in [0.1, 0.15) is 12.5 Å². The van der Waals surface area contributed by atoms with E-state index in [1.807, 2.05) is 12.1 Å². The molecule has 0 bridgehead atoms. The molecule has 4 aromatic rings. The van der Waals surface area contributed by atoms with Crippen molar-refractivity contribution in [2.45, 2.75) is 13.3 Å². The van der Waals surface area contributed by atoms with Crippen LogP contribution in [-0.4, -0.2) is 23.1 Å². The molecule has 0 spiro atoms. The summed E-state index contributed by atoms with van der Waals surface area (Å²) < 4.78 is 12.5. The Morgan fingerprint density at radius 2 is 2.15 bits per heavy atom. The number of aromatic amines is 1. The number of hydrogen-bond acceptors (Lipinski definition) is 5. The molecule has 0 radical (unpaired) electrons. The van der Waals surface area contributed by atoms with E-state index in [2.05, 4.69) is 50.3 Å². The quantitative estimate of drug-likeness (QED) is 0.444. The summed E-state index contributed by atoms with van der Waals surface area (Å²) in [5.41, 5.74) is 12.5. The molecule has 7 heteroatoms. The first-order chi connectivity index (χ1) is 12.6. The van der Waals surface area contributed by atoms with Crippen molar-refractivity contribution in [1.29, 1.82) is 0 Å². The molecule has 26 heavy (non-hydrogen) atoms. The zero-order chi connectivity index (χ0) is 17.8. The summed E-state index contributed by atoms with van der Waals surface area (Å²) >= 11 is 3.57. The summed E-state index contributed by atoms with van der Waals surface area (Å²) in [7, 11) is 0. The van der Waals surface area contributed by atoms with Gasteiger partial charge in [0.15, 0.2) is 5.58 Å². The van der Waals surface area contributed by atoms with Crippen LogP contribution >= 0.6 is 15.9 Å². The van der Waals surface area contributed by atoms with Crippen LogP contribution in [-0.2, 0) is 6.42 Å². The van der Waals surface area contributed by atoms with E-state index >= 15 is 0 Å². The zero-order valence-electron chi connectivity index (χ0n) is 14.1. The molecule has 2 aromatic heterocycles. The minimum Gasteiger partial charge on any atom is -0.491 e. The van der Waals surface area contributed by atoms with Gasteiger partial charge in [0.1, 0.15) is 17.9 Å². The fourth-order valence-corrected chi connectivity index (χ4v) is 4.07. The standard InChI is InChI=1S/C19H17BrN4O2/c1-2-9-5-10(6-13-18(9)26-19(21)24-13)16-17-15-12(23-16)7-11(20)8-14(15)25-4-3-22-17/h5-8,22-23H,2-4H2,1H3,(H2,21,24). The number of aryl methyl sites for hydroxylation is 1. The first-order valence-corrected chi connectivity index (χ1v) is 9.34. The third-order valence-corrected chi connectivity index (χ3v) is 5.20. The van der Waals surface area contributed by atoms with Crippen LogP contribution in [0, 0.1) is 0 Å². The molecule has 132 valence electrons. The Bertz CT molecular complexity index is 1160. The molecule has 4 N–H and O–H groups in total. The number of benzene rings is 2. The lowest BCUT2D eigenvalue weighted by Crippen LogP contribution is -2.08. The van der Waals surface area contributed by atoms with E-state index in [1.165, 1.54) is 0 Å². The van der Waals surface area contributed by atoms with Crippen molar-refractivity contribution in [2.24, 2.45) is 0 Å². The van der Waals surface area contributed by atoms with Gasteiger partial charge in [0.25, 0.3) is 6.01 Å². The highest BCUT2D eigenvalue weighted by Crippen LogP contribution is 2.43. The van der Waals surface area contributed by atoms with E-state index in [9.17, 15) is 0 Å². The summed E-state index contributed by atoms with van der Waals surface area (Å²) in [5, 5.41) is 4.57. The van der Waals surface area contributed by atoms with Crippen molar-refractivity contribution >= 4 is 49.6 Å². The number of anilines is 2. The normalized spacial score (nSPS) is 13.6. The predicted octanol–water partition coefficient (Wildman–Crippen LogP) is 4.69. The molecule has 2 aromatic carbocycles. The van der Waals surface area contributed by atoms with Crippen LogP contribution in [0.5, 0.6) is 5.75 Å². The van der Waals surface area contributed by atoms with Crippen molar-refractivity contribution < 1.29 is 9.15 Å². The topological polar surface area (TPSA) is 89.1 Å². The summed E-state index contributed by atoms with van der Waals surface area (Å²) in [5.74, 6) is 0.874. The molecule has 3 heterocycles. The minimum absolute atomic E-state index is 0.194. The maximum atomic E-state index is 5.91. The van der Waals surface area contributed by atoms with Crippen LogP contribution in [0.15, 0.2) is 33.2 Å². The lowest BCUT2D eigenvalue weighted by atomic mass is 10.0. The molecule has 5 rings (SSSR count). The summed E-state index contributed by atoms with van der Waals surface area (Å²) in [4.78, 5) is 7.87. The number of nitrogen functional groups attached to an aromatic ring is 1. The van der Waals surface area contributed by atoms with Crippen molar-refractivity contribution in [1.82, 2.24) is 9.97 Å². The summed E-state index contributed by atoms with van der Waals surface area (Å²) in [6.45, 7) is 3.46. The number of hydrogen-bond donors (Lipinski definition) is 3. The van der Waals surface area contributed by atoms with Gasteiger partial charge in [-0.05, 0) is 36.2 Å². The highest BCUT2D eigenvalue weighted by Gasteiger charge is 2.21. The molecule has 0 atom stereocenters. The molecular formula is C19H17BrN4O2. The molecule has 1 aliphatic rings. The second-order valence-electron chi connectivity index (χ2n) is 6.37. The number of ether oxygens (including phenoxy) is 1. The van der Waals surface area contributed by atoms with E-state index in [0.717, 1.165) is 67.7 Å². The van der Waals surface area contributed by atoms with Crippen LogP contribution < -0.4 is 15.8 Å². The van der Waals surface area contributed by atoms with Gasteiger partial charge in [0.05, 0.1) is 22.3 Å². The first-order valence-electron chi connectivity index (χ1n) is 8.55. The first kappa shape index (κ1) is 15.6. The average molecular weight is 413 g/mol. The van der Waals surface area contributed by atoms with Gasteiger partial charge in [-0.2, -0.15) is 4.98 Å². The second kappa shape index (κ2) is 5.67. The number of nitrogens with two attached hydrogens (primary N) is 1. The van der Waals surface area contributed by atoms with Gasteiger partial charge in [-0.1, -0.05) is 22.9 Å². The Balaban J connectivity index is 1.81. The van der Waals surface area contributed by atoms with Crippen LogP contribution in [0.3, 0.4) is 0 Å². The SMILES string of the molecule is CCc1cc(-c2[nH]c3cc(Br)cc4c3c2NCCO4)cc2nc(N)oc12. The molecular weight excluding hydrogens is 396 g/mol. The van der Waals surface area contributed by atoms with Crippen molar-refractivity contribution in [3.8, 4) is 17.0 Å². The number of rotatable bonds is 2. The lowest BCUT2D eigenvalue weighted by Gasteiger charge is -2.07. The van der Waals surface area contributed by atoms with Crippen LogP contribution in [0.4, 0.5) is 11.7 Å². The number of fused-ring (bicyclic) bond motifs is 1. The molecule has 1 aliphatic heterocycles. The van der Waals surface area contributed by atoms with Gasteiger partial charge in [0.2, 0.25) is 0 Å². The molecule has 0 fully saturated rings. The van der Waals surface area contributed by atoms with Gasteiger partial charge < -0.3 is 25.2 Å². The van der Waals surface area contributed by atoms with Gasteiger partial charge >= 0.3 is 0 Å². The van der Waals surface area contributed by atoms with Crippen molar-refractivity contribution in [2.75, 3.05) is 24.2 Å². The summed E-state index contributed by atoms with van der Waals surface area (Å²) in [6.07, 6.45) is 0.835. The van der Waals surface area contributed by atoms with Gasteiger partial charge in [-0.3, -0.25) is 0 Å². The minimum atomic E-state index is 0.194. The monoisotopic (exact) mass is 412 g/mol. The number of aromatic nitrogens is 2.